The van der Waals surface area contributed by atoms with Crippen molar-refractivity contribution in [2.45, 2.75) is 20.3 Å². The summed E-state index contributed by atoms with van der Waals surface area (Å²) >= 11 is 0. The van der Waals surface area contributed by atoms with E-state index >= 15 is 0 Å². The average Bonchev–Trinajstić information content (AvgIpc) is 2.29. The van der Waals surface area contributed by atoms with Crippen molar-refractivity contribution < 1.29 is 9.18 Å². The number of nitrogens with zero attached hydrogens (tertiary/aromatic N) is 1. The molecule has 0 aliphatic rings. The van der Waals surface area contributed by atoms with Crippen LogP contribution in [0, 0.1) is 11.7 Å². The fourth-order valence-electron chi connectivity index (χ4n) is 1.19. The molecule has 0 unspecified atom stereocenters. The van der Waals surface area contributed by atoms with E-state index in [1.807, 2.05) is 13.8 Å². The van der Waals surface area contributed by atoms with Crippen molar-refractivity contribution in [2.75, 3.05) is 18.4 Å². The molecule has 2 N–H and O–H groups in total. The molecule has 0 aromatic carbocycles. The molecule has 1 amide bonds. The standard InChI is InChI=1S/C12H18FN3O/c1-9(2)7-16-12(17)5-6-14-11-4-3-10(13)8-15-11/h3-4,8-9H,5-7H2,1-2H3,(H,14,15)(H,16,17). The topological polar surface area (TPSA) is 54.0 Å². The summed E-state index contributed by atoms with van der Waals surface area (Å²) in [6, 6.07) is 2.87. The highest BCUT2D eigenvalue weighted by molar-refractivity contribution is 5.76. The molecule has 0 atom stereocenters. The van der Waals surface area contributed by atoms with Crippen LogP contribution in [0.1, 0.15) is 20.3 Å². The van der Waals surface area contributed by atoms with E-state index in [2.05, 4.69) is 15.6 Å². The summed E-state index contributed by atoms with van der Waals surface area (Å²) in [7, 11) is 0. The van der Waals surface area contributed by atoms with Gasteiger partial charge in [-0.2, -0.15) is 0 Å². The van der Waals surface area contributed by atoms with Crippen molar-refractivity contribution in [1.82, 2.24) is 10.3 Å². The fourth-order valence-corrected chi connectivity index (χ4v) is 1.19. The summed E-state index contributed by atoms with van der Waals surface area (Å²) in [4.78, 5) is 15.2. The number of anilines is 1. The monoisotopic (exact) mass is 239 g/mol. The third-order valence-electron chi connectivity index (χ3n) is 2.09. The Bertz CT molecular complexity index is 351. The molecule has 1 aromatic rings. The molecule has 0 radical (unpaired) electrons. The van der Waals surface area contributed by atoms with Gasteiger partial charge in [-0.1, -0.05) is 13.8 Å². The molecule has 94 valence electrons. The zero-order valence-corrected chi connectivity index (χ0v) is 10.2. The van der Waals surface area contributed by atoms with Crippen LogP contribution in [0.25, 0.3) is 0 Å². The number of amides is 1. The van der Waals surface area contributed by atoms with Crippen LogP contribution in [-0.2, 0) is 4.79 Å². The molecule has 1 heterocycles. The number of hydrogen-bond acceptors (Lipinski definition) is 3. The van der Waals surface area contributed by atoms with Gasteiger partial charge >= 0.3 is 0 Å². The summed E-state index contributed by atoms with van der Waals surface area (Å²) in [6.45, 7) is 5.26. The first-order valence-corrected chi connectivity index (χ1v) is 5.70. The molecule has 0 spiro atoms. The van der Waals surface area contributed by atoms with Gasteiger partial charge in [0, 0.05) is 19.5 Å². The lowest BCUT2D eigenvalue weighted by Gasteiger charge is -2.08. The first-order chi connectivity index (χ1) is 8.08. The van der Waals surface area contributed by atoms with Gasteiger partial charge in [0.2, 0.25) is 5.91 Å². The maximum Gasteiger partial charge on any atom is 0.221 e. The molecule has 4 nitrogen and oxygen atoms in total. The van der Waals surface area contributed by atoms with Crippen molar-refractivity contribution >= 4 is 11.7 Å². The summed E-state index contributed by atoms with van der Waals surface area (Å²) in [5.41, 5.74) is 0. The Morgan fingerprint density at radius 2 is 2.24 bits per heavy atom. The molecule has 17 heavy (non-hydrogen) atoms. The lowest BCUT2D eigenvalue weighted by Crippen LogP contribution is -2.28. The zero-order chi connectivity index (χ0) is 12.7. The predicted octanol–water partition coefficient (Wildman–Crippen LogP) is 1.79. The molecule has 1 rings (SSSR count). The number of aromatic nitrogens is 1. The minimum absolute atomic E-state index is 0.00770. The molecule has 1 aromatic heterocycles. The van der Waals surface area contributed by atoms with Gasteiger partial charge in [-0.3, -0.25) is 4.79 Å². The summed E-state index contributed by atoms with van der Waals surface area (Å²) in [5, 5.41) is 5.77. The second kappa shape index (κ2) is 6.83. The van der Waals surface area contributed by atoms with E-state index in [1.165, 1.54) is 6.07 Å². The minimum atomic E-state index is -0.370. The molecule has 5 heteroatoms. The van der Waals surface area contributed by atoms with Crippen molar-refractivity contribution in [3.05, 3.63) is 24.1 Å². The van der Waals surface area contributed by atoms with Crippen molar-refractivity contribution in [3.63, 3.8) is 0 Å². The van der Waals surface area contributed by atoms with E-state index in [0.717, 1.165) is 6.20 Å². The SMILES string of the molecule is CC(C)CNC(=O)CCNc1ccc(F)cn1. The number of pyridine rings is 1. The highest BCUT2D eigenvalue weighted by Crippen LogP contribution is 2.03. The maximum atomic E-state index is 12.6. The maximum absolute atomic E-state index is 12.6. The normalized spacial score (nSPS) is 10.4. The summed E-state index contributed by atoms with van der Waals surface area (Å²) in [5.74, 6) is 0.660. The van der Waals surface area contributed by atoms with Gasteiger partial charge in [-0.05, 0) is 18.1 Å². The summed E-state index contributed by atoms with van der Waals surface area (Å²) < 4.78 is 12.6. The van der Waals surface area contributed by atoms with Gasteiger partial charge < -0.3 is 10.6 Å². The Morgan fingerprint density at radius 1 is 1.47 bits per heavy atom. The van der Waals surface area contributed by atoms with E-state index in [-0.39, 0.29) is 11.7 Å². The Balaban J connectivity index is 2.19. The number of carbonyl (C=O) groups excluding carboxylic acids is 1. The van der Waals surface area contributed by atoms with Crippen LogP contribution in [0.2, 0.25) is 0 Å². The van der Waals surface area contributed by atoms with Crippen molar-refractivity contribution in [3.8, 4) is 0 Å². The first-order valence-electron chi connectivity index (χ1n) is 5.70. The lowest BCUT2D eigenvalue weighted by atomic mass is 10.2. The van der Waals surface area contributed by atoms with Crippen LogP contribution < -0.4 is 10.6 Å². The second-order valence-electron chi connectivity index (χ2n) is 4.24. The minimum Gasteiger partial charge on any atom is -0.370 e. The van der Waals surface area contributed by atoms with E-state index in [1.54, 1.807) is 6.07 Å². The van der Waals surface area contributed by atoms with Crippen LogP contribution in [0.15, 0.2) is 18.3 Å². The number of nitrogens with one attached hydrogen (secondary N) is 2. The van der Waals surface area contributed by atoms with E-state index in [0.29, 0.717) is 31.2 Å². The van der Waals surface area contributed by atoms with Crippen LogP contribution in [0.5, 0.6) is 0 Å². The van der Waals surface area contributed by atoms with Gasteiger partial charge in [0.1, 0.15) is 11.6 Å². The molecular weight excluding hydrogens is 221 g/mol. The molecule has 0 aliphatic carbocycles. The third kappa shape index (κ3) is 5.85. The zero-order valence-electron chi connectivity index (χ0n) is 10.2. The summed E-state index contributed by atoms with van der Waals surface area (Å²) in [6.07, 6.45) is 1.52. The molecule has 0 aliphatic heterocycles. The van der Waals surface area contributed by atoms with Crippen molar-refractivity contribution in [2.24, 2.45) is 5.92 Å². The number of rotatable bonds is 6. The lowest BCUT2D eigenvalue weighted by molar-refractivity contribution is -0.120. The third-order valence-corrected chi connectivity index (χ3v) is 2.09. The van der Waals surface area contributed by atoms with Gasteiger partial charge in [-0.25, -0.2) is 9.37 Å². The first kappa shape index (κ1) is 13.4. The van der Waals surface area contributed by atoms with E-state index in [9.17, 15) is 9.18 Å². The van der Waals surface area contributed by atoms with Gasteiger partial charge in [0.25, 0.3) is 0 Å². The van der Waals surface area contributed by atoms with Gasteiger partial charge in [0.15, 0.2) is 0 Å². The molecule has 0 saturated carbocycles. The molecular formula is C12H18FN3O. The highest BCUT2D eigenvalue weighted by Gasteiger charge is 2.02. The van der Waals surface area contributed by atoms with Gasteiger partial charge in [0.05, 0.1) is 6.20 Å². The Hall–Kier alpha value is -1.65. The Kier molecular flexibility index (Phi) is 5.39. The quantitative estimate of drug-likeness (QED) is 0.795. The number of halogens is 1. The van der Waals surface area contributed by atoms with Gasteiger partial charge in [-0.15, -0.1) is 0 Å². The Labute approximate surface area is 101 Å². The molecule has 0 fully saturated rings. The van der Waals surface area contributed by atoms with Crippen molar-refractivity contribution in [1.29, 1.82) is 0 Å². The number of carbonyl (C=O) groups is 1. The highest BCUT2D eigenvalue weighted by atomic mass is 19.1. The average molecular weight is 239 g/mol. The predicted molar refractivity (Wildman–Crippen MR) is 65.1 cm³/mol. The Morgan fingerprint density at radius 3 is 2.82 bits per heavy atom. The van der Waals surface area contributed by atoms with E-state index < -0.39 is 0 Å². The number of hydrogen-bond donors (Lipinski definition) is 2. The smallest absolute Gasteiger partial charge is 0.221 e. The van der Waals surface area contributed by atoms with Crippen LogP contribution >= 0.6 is 0 Å². The van der Waals surface area contributed by atoms with Crippen LogP contribution in [0.4, 0.5) is 10.2 Å². The van der Waals surface area contributed by atoms with E-state index in [4.69, 9.17) is 0 Å². The second-order valence-corrected chi connectivity index (χ2v) is 4.24. The fraction of sp³-hybridized carbons (Fsp3) is 0.500. The van der Waals surface area contributed by atoms with Crippen LogP contribution in [-0.4, -0.2) is 24.0 Å². The largest absolute Gasteiger partial charge is 0.370 e. The molecule has 0 saturated heterocycles. The van der Waals surface area contributed by atoms with Crippen LogP contribution in [0.3, 0.4) is 0 Å². The molecule has 0 bridgehead atoms.